The van der Waals surface area contributed by atoms with E-state index in [2.05, 4.69) is 5.10 Å². The number of carbonyl (C=O) groups excluding carboxylic acids is 1. The molecule has 1 atom stereocenters. The van der Waals surface area contributed by atoms with Gasteiger partial charge in [0.15, 0.2) is 11.5 Å². The first kappa shape index (κ1) is 19.4. The number of aromatic nitrogens is 2. The SMILES string of the molecule is O=C(CCn1[nH]c(=O)c2ccccc2c1=O)N1CCC[C@H]1c1ccc2c(c1)OCCO2. The molecule has 2 aromatic carbocycles. The molecule has 8 nitrogen and oxygen atoms in total. The molecule has 31 heavy (non-hydrogen) atoms. The summed E-state index contributed by atoms with van der Waals surface area (Å²) in [7, 11) is 0. The highest BCUT2D eigenvalue weighted by molar-refractivity contribution is 5.80. The molecule has 2 aliphatic rings. The lowest BCUT2D eigenvalue weighted by molar-refractivity contribution is -0.132. The number of rotatable bonds is 4. The molecular weight excluding hydrogens is 398 g/mol. The summed E-state index contributed by atoms with van der Waals surface area (Å²) in [5.41, 5.74) is 0.386. The maximum absolute atomic E-state index is 13.0. The Hall–Kier alpha value is -3.55. The first-order valence-corrected chi connectivity index (χ1v) is 10.5. The van der Waals surface area contributed by atoms with E-state index in [1.54, 1.807) is 24.3 Å². The van der Waals surface area contributed by atoms with Crippen LogP contribution in [0, 0.1) is 0 Å². The number of nitrogens with one attached hydrogen (secondary N) is 1. The number of aryl methyl sites for hydroxylation is 1. The lowest BCUT2D eigenvalue weighted by atomic mass is 10.0. The van der Waals surface area contributed by atoms with Crippen molar-refractivity contribution in [1.29, 1.82) is 0 Å². The van der Waals surface area contributed by atoms with Crippen LogP contribution in [0.2, 0.25) is 0 Å². The van der Waals surface area contributed by atoms with E-state index in [1.807, 2.05) is 23.1 Å². The summed E-state index contributed by atoms with van der Waals surface area (Å²) in [4.78, 5) is 39.8. The predicted molar refractivity (Wildman–Crippen MR) is 115 cm³/mol. The van der Waals surface area contributed by atoms with Gasteiger partial charge in [-0.15, -0.1) is 0 Å². The van der Waals surface area contributed by atoms with Gasteiger partial charge in [-0.05, 0) is 42.7 Å². The molecule has 1 fully saturated rings. The Morgan fingerprint density at radius 3 is 2.65 bits per heavy atom. The van der Waals surface area contributed by atoms with E-state index < -0.39 is 0 Å². The van der Waals surface area contributed by atoms with Crippen molar-refractivity contribution in [3.8, 4) is 11.5 Å². The van der Waals surface area contributed by atoms with Crippen LogP contribution >= 0.6 is 0 Å². The van der Waals surface area contributed by atoms with Crippen LogP contribution in [0.3, 0.4) is 0 Å². The van der Waals surface area contributed by atoms with Crippen molar-refractivity contribution >= 4 is 16.7 Å². The minimum absolute atomic E-state index is 0.0318. The topological polar surface area (TPSA) is 93.6 Å². The average molecular weight is 421 g/mol. The molecule has 3 aromatic rings. The highest BCUT2D eigenvalue weighted by atomic mass is 16.6. The van der Waals surface area contributed by atoms with Gasteiger partial charge in [-0.1, -0.05) is 18.2 Å². The van der Waals surface area contributed by atoms with Crippen molar-refractivity contribution < 1.29 is 14.3 Å². The summed E-state index contributed by atoms with van der Waals surface area (Å²) in [5.74, 6) is 1.40. The maximum atomic E-state index is 13.0. The molecule has 3 heterocycles. The third-order valence-electron chi connectivity index (χ3n) is 5.96. The van der Waals surface area contributed by atoms with Crippen molar-refractivity contribution in [2.75, 3.05) is 19.8 Å². The van der Waals surface area contributed by atoms with Gasteiger partial charge in [-0.2, -0.15) is 0 Å². The highest BCUT2D eigenvalue weighted by Crippen LogP contribution is 2.38. The fourth-order valence-electron chi connectivity index (χ4n) is 4.43. The van der Waals surface area contributed by atoms with E-state index in [0.29, 0.717) is 36.3 Å². The minimum atomic E-state index is -0.335. The minimum Gasteiger partial charge on any atom is -0.486 e. The normalized spacial score (nSPS) is 17.8. The number of likely N-dealkylation sites (tertiary alicyclic amines) is 1. The Morgan fingerprint density at radius 1 is 1.03 bits per heavy atom. The van der Waals surface area contributed by atoms with Crippen LogP contribution in [0.1, 0.15) is 30.9 Å². The molecule has 5 rings (SSSR count). The highest BCUT2D eigenvalue weighted by Gasteiger charge is 2.30. The molecule has 1 aromatic heterocycles. The van der Waals surface area contributed by atoms with Gasteiger partial charge in [0.25, 0.3) is 11.1 Å². The number of aromatic amines is 1. The van der Waals surface area contributed by atoms with Crippen LogP contribution in [0.25, 0.3) is 10.8 Å². The molecule has 2 aliphatic heterocycles. The number of amides is 1. The third-order valence-corrected chi connectivity index (χ3v) is 5.96. The molecule has 1 N–H and O–H groups in total. The second kappa shape index (κ2) is 7.94. The van der Waals surface area contributed by atoms with Gasteiger partial charge < -0.3 is 14.4 Å². The van der Waals surface area contributed by atoms with Crippen LogP contribution < -0.4 is 20.6 Å². The molecule has 0 aliphatic carbocycles. The van der Waals surface area contributed by atoms with Gasteiger partial charge in [0.1, 0.15) is 13.2 Å². The zero-order valence-corrected chi connectivity index (χ0v) is 17.0. The zero-order chi connectivity index (χ0) is 21.4. The molecule has 1 saturated heterocycles. The summed E-state index contributed by atoms with van der Waals surface area (Å²) in [5, 5.41) is 3.30. The number of H-pyrrole nitrogens is 1. The van der Waals surface area contributed by atoms with Crippen LogP contribution in [-0.2, 0) is 11.3 Å². The molecule has 0 saturated carbocycles. The predicted octanol–water partition coefficient (Wildman–Crippen LogP) is 2.21. The molecule has 1 amide bonds. The largest absolute Gasteiger partial charge is 0.486 e. The molecule has 0 radical (unpaired) electrons. The number of benzene rings is 2. The lowest BCUT2D eigenvalue weighted by Crippen LogP contribution is -2.34. The van der Waals surface area contributed by atoms with Crippen LogP contribution in [0.15, 0.2) is 52.1 Å². The van der Waals surface area contributed by atoms with Crippen molar-refractivity contribution in [2.24, 2.45) is 0 Å². The molecule has 8 heteroatoms. The third kappa shape index (κ3) is 3.58. The lowest BCUT2D eigenvalue weighted by Gasteiger charge is -2.27. The fourth-order valence-corrected chi connectivity index (χ4v) is 4.43. The molecule has 0 spiro atoms. The zero-order valence-electron chi connectivity index (χ0n) is 17.0. The summed E-state index contributed by atoms with van der Waals surface area (Å²) in [6.45, 7) is 1.85. The summed E-state index contributed by atoms with van der Waals surface area (Å²) in [6, 6.07) is 12.5. The second-order valence-electron chi connectivity index (χ2n) is 7.84. The Labute approximate surface area is 178 Å². The van der Waals surface area contributed by atoms with Gasteiger partial charge in [0.05, 0.1) is 23.4 Å². The van der Waals surface area contributed by atoms with Crippen molar-refractivity contribution in [1.82, 2.24) is 14.7 Å². The number of fused-ring (bicyclic) bond motifs is 2. The van der Waals surface area contributed by atoms with Crippen molar-refractivity contribution in [3.05, 3.63) is 68.7 Å². The Balaban J connectivity index is 1.34. The number of hydrogen-bond donors (Lipinski definition) is 1. The Bertz CT molecular complexity index is 1260. The van der Waals surface area contributed by atoms with Crippen molar-refractivity contribution in [2.45, 2.75) is 31.8 Å². The van der Waals surface area contributed by atoms with E-state index in [0.717, 1.165) is 24.2 Å². The summed E-state index contributed by atoms with van der Waals surface area (Å²) < 4.78 is 12.5. The van der Waals surface area contributed by atoms with Gasteiger partial charge in [0, 0.05) is 13.0 Å². The maximum Gasteiger partial charge on any atom is 0.273 e. The van der Waals surface area contributed by atoms with E-state index in [4.69, 9.17) is 9.47 Å². The quantitative estimate of drug-likeness (QED) is 0.697. The molecular formula is C23H23N3O5. The standard InChI is InChI=1S/C23H23N3O5/c27-21(9-11-26-23(29)17-5-2-1-4-16(17)22(28)24-26)25-10-3-6-18(25)15-7-8-19-20(14-15)31-13-12-30-19/h1-2,4-5,7-8,14,18H,3,6,9-13H2,(H,24,28)/t18-/m0/s1. The van der Waals surface area contributed by atoms with Gasteiger partial charge in [-0.3, -0.25) is 19.5 Å². The fraction of sp³-hybridized carbons (Fsp3) is 0.348. The number of ether oxygens (including phenoxy) is 2. The van der Waals surface area contributed by atoms with Gasteiger partial charge >= 0.3 is 0 Å². The van der Waals surface area contributed by atoms with E-state index in [9.17, 15) is 14.4 Å². The molecule has 0 bridgehead atoms. The Morgan fingerprint density at radius 2 is 1.81 bits per heavy atom. The van der Waals surface area contributed by atoms with E-state index >= 15 is 0 Å². The number of carbonyl (C=O) groups is 1. The summed E-state index contributed by atoms with van der Waals surface area (Å²) >= 11 is 0. The van der Waals surface area contributed by atoms with Crippen molar-refractivity contribution in [3.63, 3.8) is 0 Å². The van der Waals surface area contributed by atoms with Crippen LogP contribution in [-0.4, -0.2) is 40.3 Å². The first-order valence-electron chi connectivity index (χ1n) is 10.5. The van der Waals surface area contributed by atoms with Crippen LogP contribution in [0.5, 0.6) is 11.5 Å². The van der Waals surface area contributed by atoms with E-state index in [-0.39, 0.29) is 36.0 Å². The first-order chi connectivity index (χ1) is 15.1. The summed E-state index contributed by atoms with van der Waals surface area (Å²) in [6.07, 6.45) is 1.92. The van der Waals surface area contributed by atoms with E-state index in [1.165, 1.54) is 4.68 Å². The number of nitrogens with zero attached hydrogens (tertiary/aromatic N) is 2. The monoisotopic (exact) mass is 421 g/mol. The Kier molecular flexibility index (Phi) is 4.97. The number of hydrogen-bond acceptors (Lipinski definition) is 5. The van der Waals surface area contributed by atoms with Gasteiger partial charge in [0.2, 0.25) is 5.91 Å². The molecule has 160 valence electrons. The second-order valence-corrected chi connectivity index (χ2v) is 7.84. The van der Waals surface area contributed by atoms with Crippen LogP contribution in [0.4, 0.5) is 0 Å². The van der Waals surface area contributed by atoms with Gasteiger partial charge in [-0.25, -0.2) is 4.68 Å². The average Bonchev–Trinajstić information content (AvgIpc) is 3.30. The smallest absolute Gasteiger partial charge is 0.273 e. The molecule has 0 unspecified atom stereocenters.